The van der Waals surface area contributed by atoms with Gasteiger partial charge < -0.3 is 15.4 Å². The summed E-state index contributed by atoms with van der Waals surface area (Å²) in [5.41, 5.74) is 4.65. The molecule has 0 fully saturated rings. The molecule has 1 aromatic heterocycles. The molecule has 0 spiro atoms. The lowest BCUT2D eigenvalue weighted by molar-refractivity contribution is 0.0949. The summed E-state index contributed by atoms with van der Waals surface area (Å²) in [5, 5.41) is 6.09. The van der Waals surface area contributed by atoms with Crippen LogP contribution in [0.1, 0.15) is 27.2 Å². The van der Waals surface area contributed by atoms with Gasteiger partial charge in [0.25, 0.3) is 5.91 Å². The molecular formula is C22H24N4O2. The summed E-state index contributed by atoms with van der Waals surface area (Å²) < 4.78 is 5.22. The highest BCUT2D eigenvalue weighted by Gasteiger charge is 2.10. The molecule has 0 unspecified atom stereocenters. The Labute approximate surface area is 165 Å². The molecule has 6 nitrogen and oxygen atoms in total. The third-order valence-electron chi connectivity index (χ3n) is 4.57. The number of rotatable bonds is 7. The van der Waals surface area contributed by atoms with Crippen molar-refractivity contribution in [2.45, 2.75) is 20.3 Å². The van der Waals surface area contributed by atoms with E-state index in [9.17, 15) is 4.79 Å². The number of hydrogen-bond donors (Lipinski definition) is 2. The lowest BCUT2D eigenvalue weighted by atomic mass is 10.1. The summed E-state index contributed by atoms with van der Waals surface area (Å²) in [5.74, 6) is 0.977. The van der Waals surface area contributed by atoms with Gasteiger partial charge in [0.05, 0.1) is 7.11 Å². The maximum atomic E-state index is 12.4. The monoisotopic (exact) mass is 376 g/mol. The molecule has 0 aliphatic carbocycles. The van der Waals surface area contributed by atoms with Crippen LogP contribution in [0.2, 0.25) is 0 Å². The summed E-state index contributed by atoms with van der Waals surface area (Å²) >= 11 is 0. The molecule has 3 aromatic rings. The molecule has 0 aliphatic heterocycles. The Morgan fingerprint density at radius 2 is 1.93 bits per heavy atom. The van der Waals surface area contributed by atoms with Gasteiger partial charge in [-0.15, -0.1) is 0 Å². The van der Waals surface area contributed by atoms with E-state index in [4.69, 9.17) is 4.74 Å². The van der Waals surface area contributed by atoms with Crippen molar-refractivity contribution in [3.05, 3.63) is 77.1 Å². The summed E-state index contributed by atoms with van der Waals surface area (Å²) in [4.78, 5) is 21.0. The van der Waals surface area contributed by atoms with Gasteiger partial charge in [0.15, 0.2) is 0 Å². The molecule has 6 heteroatoms. The standard InChI is InChI=1S/C22H24N4O2/c1-15-6-4-9-19(16(15)2)25-22-24-13-11-20(26-22)21(27)23-12-10-17-7-5-8-18(14-17)28-3/h4-9,11,13-14H,10,12H2,1-3H3,(H,23,27)(H,24,25,26). The van der Waals surface area contributed by atoms with E-state index in [1.807, 2.05) is 56.3 Å². The smallest absolute Gasteiger partial charge is 0.270 e. The third kappa shape index (κ3) is 4.85. The normalized spacial score (nSPS) is 10.4. The first-order chi connectivity index (χ1) is 13.6. The van der Waals surface area contributed by atoms with Gasteiger partial charge in [-0.2, -0.15) is 0 Å². The highest BCUT2D eigenvalue weighted by molar-refractivity contribution is 5.92. The van der Waals surface area contributed by atoms with Crippen LogP contribution >= 0.6 is 0 Å². The zero-order valence-corrected chi connectivity index (χ0v) is 16.3. The third-order valence-corrected chi connectivity index (χ3v) is 4.57. The largest absolute Gasteiger partial charge is 0.497 e. The second-order valence-corrected chi connectivity index (χ2v) is 6.50. The maximum absolute atomic E-state index is 12.4. The van der Waals surface area contributed by atoms with Gasteiger partial charge in [-0.3, -0.25) is 4.79 Å². The van der Waals surface area contributed by atoms with Crippen LogP contribution in [0.4, 0.5) is 11.6 Å². The van der Waals surface area contributed by atoms with E-state index < -0.39 is 0 Å². The number of aromatic nitrogens is 2. The number of hydrogen-bond acceptors (Lipinski definition) is 5. The highest BCUT2D eigenvalue weighted by atomic mass is 16.5. The van der Waals surface area contributed by atoms with Gasteiger partial charge in [-0.05, 0) is 61.2 Å². The maximum Gasteiger partial charge on any atom is 0.270 e. The zero-order valence-electron chi connectivity index (χ0n) is 16.3. The van der Waals surface area contributed by atoms with E-state index in [2.05, 4.69) is 20.6 Å². The lowest BCUT2D eigenvalue weighted by Gasteiger charge is -2.11. The number of ether oxygens (including phenoxy) is 1. The van der Waals surface area contributed by atoms with E-state index in [0.717, 1.165) is 22.6 Å². The first-order valence-electron chi connectivity index (χ1n) is 9.14. The molecule has 144 valence electrons. The van der Waals surface area contributed by atoms with Crippen LogP contribution in [0.3, 0.4) is 0 Å². The van der Waals surface area contributed by atoms with Gasteiger partial charge in [0.1, 0.15) is 11.4 Å². The summed E-state index contributed by atoms with van der Waals surface area (Å²) in [6.07, 6.45) is 2.29. The number of carbonyl (C=O) groups excluding carboxylic acids is 1. The fourth-order valence-corrected chi connectivity index (χ4v) is 2.79. The fourth-order valence-electron chi connectivity index (χ4n) is 2.79. The van der Waals surface area contributed by atoms with Gasteiger partial charge in [0.2, 0.25) is 5.95 Å². The summed E-state index contributed by atoms with van der Waals surface area (Å²) in [6.45, 7) is 4.59. The number of benzene rings is 2. The van der Waals surface area contributed by atoms with Gasteiger partial charge in [0, 0.05) is 18.4 Å². The molecule has 3 rings (SSSR count). The van der Waals surface area contributed by atoms with Crippen molar-refractivity contribution >= 4 is 17.5 Å². The van der Waals surface area contributed by atoms with Crippen molar-refractivity contribution in [1.82, 2.24) is 15.3 Å². The van der Waals surface area contributed by atoms with E-state index in [-0.39, 0.29) is 5.91 Å². The first-order valence-corrected chi connectivity index (χ1v) is 9.14. The zero-order chi connectivity index (χ0) is 19.9. The lowest BCUT2D eigenvalue weighted by Crippen LogP contribution is -2.26. The van der Waals surface area contributed by atoms with Crippen LogP contribution in [0, 0.1) is 13.8 Å². The molecule has 0 saturated heterocycles. The molecule has 1 heterocycles. The topological polar surface area (TPSA) is 76.1 Å². The van der Waals surface area contributed by atoms with Crippen LogP contribution in [-0.4, -0.2) is 29.5 Å². The molecule has 0 aliphatic rings. The van der Waals surface area contributed by atoms with E-state index in [0.29, 0.717) is 24.6 Å². The number of aryl methyl sites for hydroxylation is 1. The number of methoxy groups -OCH3 is 1. The van der Waals surface area contributed by atoms with Crippen LogP contribution < -0.4 is 15.4 Å². The molecule has 28 heavy (non-hydrogen) atoms. The Morgan fingerprint density at radius 1 is 1.11 bits per heavy atom. The van der Waals surface area contributed by atoms with Crippen molar-refractivity contribution in [2.75, 3.05) is 19.0 Å². The second-order valence-electron chi connectivity index (χ2n) is 6.50. The number of nitrogens with zero attached hydrogens (tertiary/aromatic N) is 2. The van der Waals surface area contributed by atoms with Crippen molar-refractivity contribution in [1.29, 1.82) is 0 Å². The minimum Gasteiger partial charge on any atom is -0.497 e. The van der Waals surface area contributed by atoms with Crippen LogP contribution in [0.15, 0.2) is 54.7 Å². The Hall–Kier alpha value is -3.41. The van der Waals surface area contributed by atoms with Crippen molar-refractivity contribution in [3.63, 3.8) is 0 Å². The molecule has 0 saturated carbocycles. The summed E-state index contributed by atoms with van der Waals surface area (Å²) in [7, 11) is 1.64. The highest BCUT2D eigenvalue weighted by Crippen LogP contribution is 2.20. The number of nitrogens with one attached hydrogen (secondary N) is 2. The Bertz CT molecular complexity index is 972. The molecule has 2 N–H and O–H groups in total. The Balaban J connectivity index is 1.61. The van der Waals surface area contributed by atoms with Crippen molar-refractivity contribution in [3.8, 4) is 5.75 Å². The quantitative estimate of drug-likeness (QED) is 0.656. The second kappa shape index (κ2) is 8.99. The number of carbonyl (C=O) groups is 1. The number of anilines is 2. The minimum atomic E-state index is -0.227. The van der Waals surface area contributed by atoms with Gasteiger partial charge in [-0.25, -0.2) is 9.97 Å². The molecular weight excluding hydrogens is 352 g/mol. The summed E-state index contributed by atoms with van der Waals surface area (Å²) in [6, 6.07) is 15.4. The average Bonchev–Trinajstić information content (AvgIpc) is 2.72. The van der Waals surface area contributed by atoms with Crippen LogP contribution in [0.5, 0.6) is 5.75 Å². The molecule has 1 amide bonds. The van der Waals surface area contributed by atoms with Crippen LogP contribution in [-0.2, 0) is 6.42 Å². The van der Waals surface area contributed by atoms with Crippen LogP contribution in [0.25, 0.3) is 0 Å². The predicted molar refractivity (Wildman–Crippen MR) is 110 cm³/mol. The average molecular weight is 376 g/mol. The predicted octanol–water partition coefficient (Wildman–Crippen LogP) is 3.82. The van der Waals surface area contributed by atoms with Gasteiger partial charge in [-0.1, -0.05) is 24.3 Å². The van der Waals surface area contributed by atoms with E-state index in [1.54, 1.807) is 19.4 Å². The Morgan fingerprint density at radius 3 is 2.75 bits per heavy atom. The van der Waals surface area contributed by atoms with Gasteiger partial charge >= 0.3 is 0 Å². The molecule has 0 bridgehead atoms. The van der Waals surface area contributed by atoms with Crippen molar-refractivity contribution < 1.29 is 9.53 Å². The molecule has 0 radical (unpaired) electrons. The molecule has 2 aromatic carbocycles. The number of amides is 1. The van der Waals surface area contributed by atoms with E-state index >= 15 is 0 Å². The van der Waals surface area contributed by atoms with E-state index in [1.165, 1.54) is 5.56 Å². The van der Waals surface area contributed by atoms with Crippen molar-refractivity contribution in [2.24, 2.45) is 0 Å². The SMILES string of the molecule is COc1cccc(CCNC(=O)c2ccnc(Nc3cccc(C)c3C)n2)c1. The fraction of sp³-hybridized carbons (Fsp3) is 0.227. The minimum absolute atomic E-state index is 0.227. The Kier molecular flexibility index (Phi) is 6.22. The first kappa shape index (κ1) is 19.4. The molecule has 0 atom stereocenters.